The molecule has 2 N–H and O–H groups in total. The predicted octanol–water partition coefficient (Wildman–Crippen LogP) is 2.73. The maximum absolute atomic E-state index is 6.07. The molecule has 0 atom stereocenters. The zero-order chi connectivity index (χ0) is 12.0. The Balaban J connectivity index is 2.64. The molecule has 4 heteroatoms. The fourth-order valence-corrected chi connectivity index (χ4v) is 2.47. The van der Waals surface area contributed by atoms with Crippen molar-refractivity contribution < 1.29 is 0 Å². The van der Waals surface area contributed by atoms with Crippen LogP contribution >= 0.6 is 11.8 Å². The second-order valence-corrected chi connectivity index (χ2v) is 5.18. The monoisotopic (exact) mass is 241 g/mol. The Morgan fingerprint density at radius 1 is 1.25 bits per heavy atom. The maximum Gasteiger partial charge on any atom is 0.0854 e. The van der Waals surface area contributed by atoms with Crippen molar-refractivity contribution in [2.24, 2.45) is 0 Å². The second kappa shape index (κ2) is 6.84. The van der Waals surface area contributed by atoms with Crippen LogP contribution in [0.2, 0.25) is 0 Å². The standard InChI is InChI=1S/C12H23N3S/c1-4-10-12(13)11(5-2)15(14-10)8-7-9-16-6-3/h4-9,13H2,1-3H3. The molecule has 0 unspecified atom stereocenters. The van der Waals surface area contributed by atoms with Crippen LogP contribution < -0.4 is 5.73 Å². The van der Waals surface area contributed by atoms with Gasteiger partial charge in [0.25, 0.3) is 0 Å². The Bertz CT molecular complexity index is 320. The fourth-order valence-electron chi connectivity index (χ4n) is 1.85. The molecule has 16 heavy (non-hydrogen) atoms. The molecule has 0 aliphatic heterocycles. The summed E-state index contributed by atoms with van der Waals surface area (Å²) in [5, 5.41) is 4.58. The van der Waals surface area contributed by atoms with Gasteiger partial charge in [-0.3, -0.25) is 4.68 Å². The second-order valence-electron chi connectivity index (χ2n) is 3.79. The van der Waals surface area contributed by atoms with Crippen molar-refractivity contribution >= 4 is 17.4 Å². The molecule has 0 saturated heterocycles. The summed E-state index contributed by atoms with van der Waals surface area (Å²) in [5.74, 6) is 2.41. The first-order valence-corrected chi connectivity index (χ1v) is 7.31. The average molecular weight is 241 g/mol. The molecule has 0 bridgehead atoms. The quantitative estimate of drug-likeness (QED) is 0.747. The smallest absolute Gasteiger partial charge is 0.0854 e. The molecule has 0 radical (unpaired) electrons. The van der Waals surface area contributed by atoms with Crippen LogP contribution in [0.15, 0.2) is 0 Å². The lowest BCUT2D eigenvalue weighted by Crippen LogP contribution is -2.06. The molecule has 0 aliphatic rings. The first kappa shape index (κ1) is 13.4. The van der Waals surface area contributed by atoms with Gasteiger partial charge < -0.3 is 5.73 Å². The van der Waals surface area contributed by atoms with Crippen molar-refractivity contribution in [2.75, 3.05) is 17.2 Å². The normalized spacial score (nSPS) is 10.9. The van der Waals surface area contributed by atoms with E-state index < -0.39 is 0 Å². The number of hydrogen-bond donors (Lipinski definition) is 1. The minimum absolute atomic E-state index is 0.910. The summed E-state index contributed by atoms with van der Waals surface area (Å²) in [4.78, 5) is 0. The highest BCUT2D eigenvalue weighted by Gasteiger charge is 2.11. The molecule has 3 nitrogen and oxygen atoms in total. The Morgan fingerprint density at radius 2 is 2.00 bits per heavy atom. The molecule has 0 spiro atoms. The predicted molar refractivity (Wildman–Crippen MR) is 73.0 cm³/mol. The van der Waals surface area contributed by atoms with Gasteiger partial charge in [-0.25, -0.2) is 0 Å². The number of aromatic nitrogens is 2. The zero-order valence-electron chi connectivity index (χ0n) is 10.6. The number of nitrogens with zero attached hydrogens (tertiary/aromatic N) is 2. The van der Waals surface area contributed by atoms with E-state index in [4.69, 9.17) is 5.73 Å². The van der Waals surface area contributed by atoms with Gasteiger partial charge in [0.2, 0.25) is 0 Å². The molecule has 0 amide bonds. The number of hydrogen-bond acceptors (Lipinski definition) is 3. The minimum Gasteiger partial charge on any atom is -0.396 e. The van der Waals surface area contributed by atoms with Crippen molar-refractivity contribution in [3.05, 3.63) is 11.4 Å². The fraction of sp³-hybridized carbons (Fsp3) is 0.750. The van der Waals surface area contributed by atoms with Crippen molar-refractivity contribution in [3.8, 4) is 0 Å². The van der Waals surface area contributed by atoms with Gasteiger partial charge in [-0.05, 0) is 30.8 Å². The van der Waals surface area contributed by atoms with E-state index in [0.717, 1.165) is 30.8 Å². The van der Waals surface area contributed by atoms with Gasteiger partial charge in [-0.15, -0.1) is 0 Å². The van der Waals surface area contributed by atoms with Gasteiger partial charge in [-0.2, -0.15) is 16.9 Å². The lowest BCUT2D eigenvalue weighted by atomic mass is 10.2. The zero-order valence-corrected chi connectivity index (χ0v) is 11.4. The van der Waals surface area contributed by atoms with Gasteiger partial charge in [-0.1, -0.05) is 20.8 Å². The van der Waals surface area contributed by atoms with Crippen LogP contribution in [0, 0.1) is 0 Å². The number of rotatable bonds is 7. The summed E-state index contributed by atoms with van der Waals surface area (Å²) in [6.07, 6.45) is 3.07. The Hall–Kier alpha value is -0.640. The molecule has 1 heterocycles. The van der Waals surface area contributed by atoms with E-state index in [1.54, 1.807) is 0 Å². The van der Waals surface area contributed by atoms with E-state index >= 15 is 0 Å². The summed E-state index contributed by atoms with van der Waals surface area (Å²) in [6.45, 7) is 7.45. The van der Waals surface area contributed by atoms with E-state index in [1.165, 1.54) is 23.6 Å². The Kier molecular flexibility index (Phi) is 5.74. The third kappa shape index (κ3) is 3.17. The highest BCUT2D eigenvalue weighted by atomic mass is 32.2. The molecule has 0 aliphatic carbocycles. The first-order chi connectivity index (χ1) is 7.74. The van der Waals surface area contributed by atoms with Crippen LogP contribution in [0.4, 0.5) is 5.69 Å². The molecule has 1 rings (SSSR count). The number of nitrogens with two attached hydrogens (primary N) is 1. The van der Waals surface area contributed by atoms with Gasteiger partial charge in [0.05, 0.1) is 17.1 Å². The van der Waals surface area contributed by atoms with Gasteiger partial charge >= 0.3 is 0 Å². The molecule has 1 aromatic rings. The van der Waals surface area contributed by atoms with Crippen molar-refractivity contribution in [2.45, 2.75) is 46.6 Å². The lowest BCUT2D eigenvalue weighted by Gasteiger charge is -2.05. The van der Waals surface area contributed by atoms with Crippen LogP contribution in [0.3, 0.4) is 0 Å². The average Bonchev–Trinajstić information content (AvgIpc) is 2.60. The molecular weight excluding hydrogens is 218 g/mol. The minimum atomic E-state index is 0.910. The highest BCUT2D eigenvalue weighted by Crippen LogP contribution is 2.19. The summed E-state index contributed by atoms with van der Waals surface area (Å²) in [5.41, 5.74) is 9.24. The summed E-state index contributed by atoms with van der Waals surface area (Å²) in [6, 6.07) is 0. The molecule has 0 saturated carbocycles. The van der Waals surface area contributed by atoms with Crippen LogP contribution in [-0.2, 0) is 19.4 Å². The third-order valence-corrected chi connectivity index (χ3v) is 3.69. The summed E-state index contributed by atoms with van der Waals surface area (Å²) < 4.78 is 2.10. The van der Waals surface area contributed by atoms with Crippen molar-refractivity contribution in [1.29, 1.82) is 0 Å². The summed E-state index contributed by atoms with van der Waals surface area (Å²) >= 11 is 1.99. The first-order valence-electron chi connectivity index (χ1n) is 6.16. The molecule has 1 aromatic heterocycles. The van der Waals surface area contributed by atoms with Gasteiger partial charge in [0, 0.05) is 6.54 Å². The van der Waals surface area contributed by atoms with E-state index in [-0.39, 0.29) is 0 Å². The highest BCUT2D eigenvalue weighted by molar-refractivity contribution is 7.99. The van der Waals surface area contributed by atoms with E-state index in [9.17, 15) is 0 Å². The van der Waals surface area contributed by atoms with Gasteiger partial charge in [0.15, 0.2) is 0 Å². The molecule has 92 valence electrons. The number of aryl methyl sites for hydroxylation is 2. The van der Waals surface area contributed by atoms with Crippen molar-refractivity contribution in [3.63, 3.8) is 0 Å². The lowest BCUT2D eigenvalue weighted by molar-refractivity contribution is 0.574. The SMILES string of the molecule is CCSCCCn1nc(CC)c(N)c1CC. The Labute approximate surface area is 103 Å². The maximum atomic E-state index is 6.07. The third-order valence-electron chi connectivity index (χ3n) is 2.71. The van der Waals surface area contributed by atoms with Gasteiger partial charge in [0.1, 0.15) is 0 Å². The number of nitrogen functional groups attached to an aromatic ring is 1. The molecule has 0 aromatic carbocycles. The number of thioether (sulfide) groups is 1. The topological polar surface area (TPSA) is 43.8 Å². The number of anilines is 1. The van der Waals surface area contributed by atoms with Crippen LogP contribution in [0.5, 0.6) is 0 Å². The van der Waals surface area contributed by atoms with Crippen LogP contribution in [0.1, 0.15) is 38.6 Å². The molecular formula is C12H23N3S. The molecule has 0 fully saturated rings. The van der Waals surface area contributed by atoms with E-state index in [1.807, 2.05) is 11.8 Å². The summed E-state index contributed by atoms with van der Waals surface area (Å²) in [7, 11) is 0. The van der Waals surface area contributed by atoms with E-state index in [0.29, 0.717) is 0 Å². The van der Waals surface area contributed by atoms with Crippen LogP contribution in [-0.4, -0.2) is 21.3 Å². The largest absolute Gasteiger partial charge is 0.396 e. The van der Waals surface area contributed by atoms with E-state index in [2.05, 4.69) is 30.6 Å². The van der Waals surface area contributed by atoms with Crippen LogP contribution in [0.25, 0.3) is 0 Å². The van der Waals surface area contributed by atoms with Crippen molar-refractivity contribution in [1.82, 2.24) is 9.78 Å². The Morgan fingerprint density at radius 3 is 2.56 bits per heavy atom.